The second kappa shape index (κ2) is 6.50. The first-order valence-electron chi connectivity index (χ1n) is 7.03. The highest BCUT2D eigenvalue weighted by atomic mass is 32.1. The lowest BCUT2D eigenvalue weighted by Gasteiger charge is -2.34. The number of piperidine rings is 1. The highest BCUT2D eigenvalue weighted by Crippen LogP contribution is 2.20. The molecule has 0 spiro atoms. The van der Waals surface area contributed by atoms with Crippen molar-refractivity contribution in [1.82, 2.24) is 4.90 Å². The highest BCUT2D eigenvalue weighted by molar-refractivity contribution is 7.14. The van der Waals surface area contributed by atoms with Gasteiger partial charge in [0.05, 0.1) is 11.0 Å². The summed E-state index contributed by atoms with van der Waals surface area (Å²) >= 11 is 1.47. The minimum absolute atomic E-state index is 0.0300. The Morgan fingerprint density at radius 3 is 2.75 bits per heavy atom. The maximum atomic E-state index is 12.1. The number of ketones is 1. The van der Waals surface area contributed by atoms with Gasteiger partial charge in [-0.05, 0) is 31.4 Å². The van der Waals surface area contributed by atoms with Crippen LogP contribution in [0.25, 0.3) is 0 Å². The summed E-state index contributed by atoms with van der Waals surface area (Å²) in [5.74, 6) is 0.245. The van der Waals surface area contributed by atoms with Crippen molar-refractivity contribution in [2.75, 3.05) is 13.1 Å². The molecule has 0 bridgehead atoms. The molecule has 0 saturated carbocycles. The van der Waals surface area contributed by atoms with Crippen LogP contribution >= 0.6 is 11.3 Å². The largest absolute Gasteiger partial charge is 0.391 e. The third kappa shape index (κ3) is 3.67. The van der Waals surface area contributed by atoms with E-state index in [-0.39, 0.29) is 30.4 Å². The van der Waals surface area contributed by atoms with Gasteiger partial charge >= 0.3 is 0 Å². The summed E-state index contributed by atoms with van der Waals surface area (Å²) in [7, 11) is 0. The number of aliphatic hydroxyl groups excluding tert-OH is 1. The van der Waals surface area contributed by atoms with Crippen molar-refractivity contribution in [2.45, 2.75) is 39.2 Å². The van der Waals surface area contributed by atoms with Crippen LogP contribution in [0.15, 0.2) is 12.1 Å². The summed E-state index contributed by atoms with van der Waals surface area (Å²) in [6.07, 6.45) is 0.867. The maximum Gasteiger partial charge on any atom is 0.223 e. The predicted molar refractivity (Wildman–Crippen MR) is 79.0 cm³/mol. The van der Waals surface area contributed by atoms with Crippen molar-refractivity contribution in [3.05, 3.63) is 21.9 Å². The van der Waals surface area contributed by atoms with E-state index in [1.165, 1.54) is 11.3 Å². The number of thiophene rings is 1. The number of hydrogen-bond acceptors (Lipinski definition) is 4. The van der Waals surface area contributed by atoms with Gasteiger partial charge in [0.1, 0.15) is 0 Å². The Hall–Kier alpha value is -1.20. The van der Waals surface area contributed by atoms with E-state index in [0.29, 0.717) is 13.1 Å². The number of amides is 1. The fraction of sp³-hybridized carbons (Fsp3) is 0.600. The van der Waals surface area contributed by atoms with Gasteiger partial charge in [-0.2, -0.15) is 0 Å². The monoisotopic (exact) mass is 295 g/mol. The van der Waals surface area contributed by atoms with Crippen molar-refractivity contribution in [3.8, 4) is 0 Å². The number of aryl methyl sites for hydroxylation is 1. The van der Waals surface area contributed by atoms with Crippen LogP contribution in [0, 0.1) is 12.8 Å². The molecule has 1 amide bonds. The molecule has 2 rings (SSSR count). The summed E-state index contributed by atoms with van der Waals surface area (Å²) in [4.78, 5) is 27.5. The zero-order valence-corrected chi connectivity index (χ0v) is 12.8. The van der Waals surface area contributed by atoms with Gasteiger partial charge in [0.15, 0.2) is 5.78 Å². The minimum atomic E-state index is -0.441. The normalized spacial score (nSPS) is 22.9. The second-order valence-electron chi connectivity index (χ2n) is 5.51. The Morgan fingerprint density at radius 2 is 2.15 bits per heavy atom. The molecule has 1 N–H and O–H groups in total. The van der Waals surface area contributed by atoms with Gasteiger partial charge in [0.25, 0.3) is 0 Å². The fourth-order valence-corrected chi connectivity index (χ4v) is 3.20. The van der Waals surface area contributed by atoms with Gasteiger partial charge in [-0.25, -0.2) is 0 Å². The Labute approximate surface area is 123 Å². The number of hydrogen-bond donors (Lipinski definition) is 1. The Balaban J connectivity index is 1.82. The summed E-state index contributed by atoms with van der Waals surface area (Å²) < 4.78 is 0. The van der Waals surface area contributed by atoms with Gasteiger partial charge in [-0.3, -0.25) is 9.59 Å². The van der Waals surface area contributed by atoms with Crippen molar-refractivity contribution < 1.29 is 14.7 Å². The molecule has 1 aromatic rings. The van der Waals surface area contributed by atoms with E-state index in [1.54, 1.807) is 4.90 Å². The molecule has 2 heterocycles. The van der Waals surface area contributed by atoms with Crippen LogP contribution in [0.4, 0.5) is 0 Å². The minimum Gasteiger partial charge on any atom is -0.391 e. The van der Waals surface area contributed by atoms with E-state index in [0.717, 1.165) is 16.2 Å². The molecule has 5 heteroatoms. The number of carbonyl (C=O) groups is 2. The van der Waals surface area contributed by atoms with Crippen LogP contribution in [0.2, 0.25) is 0 Å². The first-order chi connectivity index (χ1) is 9.47. The number of aliphatic hydroxyl groups is 1. The first kappa shape index (κ1) is 15.2. The molecule has 1 aliphatic heterocycles. The summed E-state index contributed by atoms with van der Waals surface area (Å²) in [6.45, 7) is 5.04. The quantitative estimate of drug-likeness (QED) is 0.867. The average molecular weight is 295 g/mol. The lowest BCUT2D eigenvalue weighted by atomic mass is 9.96. The molecule has 110 valence electrons. The number of carbonyl (C=O) groups excluding carboxylic acids is 2. The third-order valence-corrected chi connectivity index (χ3v) is 4.89. The van der Waals surface area contributed by atoms with Crippen LogP contribution in [-0.4, -0.2) is 40.9 Å². The Morgan fingerprint density at radius 1 is 1.40 bits per heavy atom. The Kier molecular flexibility index (Phi) is 4.94. The summed E-state index contributed by atoms with van der Waals surface area (Å²) in [5.41, 5.74) is 0. The molecule has 2 atom stereocenters. The van der Waals surface area contributed by atoms with Crippen molar-refractivity contribution in [1.29, 1.82) is 0 Å². The van der Waals surface area contributed by atoms with Gasteiger partial charge < -0.3 is 10.0 Å². The summed E-state index contributed by atoms with van der Waals surface area (Å²) in [6, 6.07) is 3.74. The van der Waals surface area contributed by atoms with Crippen molar-refractivity contribution in [3.63, 3.8) is 0 Å². The van der Waals surface area contributed by atoms with Crippen LogP contribution in [0.1, 0.15) is 40.7 Å². The predicted octanol–water partition coefficient (Wildman–Crippen LogP) is 2.25. The molecule has 1 aliphatic rings. The van der Waals surface area contributed by atoms with E-state index in [9.17, 15) is 14.7 Å². The standard InChI is InChI=1S/C15H21NO3S/c1-10-7-8-16(9-13(10)18)15(19)6-4-12(17)14-5-3-11(2)20-14/h3,5,10,13,18H,4,6-9H2,1-2H3. The van der Waals surface area contributed by atoms with Gasteiger partial charge in [0, 0.05) is 30.8 Å². The molecule has 0 aliphatic carbocycles. The zero-order chi connectivity index (χ0) is 14.7. The molecular weight excluding hydrogens is 274 g/mol. The van der Waals surface area contributed by atoms with Crippen LogP contribution < -0.4 is 0 Å². The van der Waals surface area contributed by atoms with E-state index in [4.69, 9.17) is 0 Å². The van der Waals surface area contributed by atoms with E-state index >= 15 is 0 Å². The highest BCUT2D eigenvalue weighted by Gasteiger charge is 2.27. The average Bonchev–Trinajstić information content (AvgIpc) is 2.85. The molecule has 1 fully saturated rings. The van der Waals surface area contributed by atoms with Gasteiger partial charge in [-0.1, -0.05) is 6.92 Å². The van der Waals surface area contributed by atoms with Gasteiger partial charge in [-0.15, -0.1) is 11.3 Å². The van der Waals surface area contributed by atoms with Crippen LogP contribution in [0.5, 0.6) is 0 Å². The van der Waals surface area contributed by atoms with E-state index in [2.05, 4.69) is 0 Å². The van der Waals surface area contributed by atoms with Gasteiger partial charge in [0.2, 0.25) is 5.91 Å². The van der Waals surface area contributed by atoms with E-state index < -0.39 is 6.10 Å². The number of rotatable bonds is 4. The smallest absolute Gasteiger partial charge is 0.223 e. The number of Topliss-reactive ketones (excluding diaryl/α,β-unsaturated/α-hetero) is 1. The Bertz CT molecular complexity index is 497. The topological polar surface area (TPSA) is 57.6 Å². The fourth-order valence-electron chi connectivity index (χ4n) is 2.36. The molecule has 1 saturated heterocycles. The lowest BCUT2D eigenvalue weighted by Crippen LogP contribution is -2.45. The SMILES string of the molecule is Cc1ccc(C(=O)CCC(=O)N2CCC(C)C(O)C2)s1. The van der Waals surface area contributed by atoms with Crippen molar-refractivity contribution in [2.24, 2.45) is 5.92 Å². The molecule has 1 aromatic heterocycles. The first-order valence-corrected chi connectivity index (χ1v) is 7.84. The molecule has 2 unspecified atom stereocenters. The third-order valence-electron chi connectivity index (χ3n) is 3.85. The van der Waals surface area contributed by atoms with Crippen LogP contribution in [-0.2, 0) is 4.79 Å². The maximum absolute atomic E-state index is 12.1. The molecular formula is C15H21NO3S. The number of nitrogens with zero attached hydrogens (tertiary/aromatic N) is 1. The van der Waals surface area contributed by atoms with Crippen LogP contribution in [0.3, 0.4) is 0 Å². The van der Waals surface area contributed by atoms with Crippen molar-refractivity contribution >= 4 is 23.0 Å². The molecule has 4 nitrogen and oxygen atoms in total. The second-order valence-corrected chi connectivity index (χ2v) is 6.79. The number of β-amino-alcohol motifs (C(OH)–C–C–N with tert-alkyl or cyclic N) is 1. The zero-order valence-electron chi connectivity index (χ0n) is 12.0. The number of likely N-dealkylation sites (tertiary alicyclic amines) is 1. The van der Waals surface area contributed by atoms with E-state index in [1.807, 2.05) is 26.0 Å². The molecule has 0 radical (unpaired) electrons. The molecule has 20 heavy (non-hydrogen) atoms. The molecule has 0 aromatic carbocycles. The lowest BCUT2D eigenvalue weighted by molar-refractivity contribution is -0.135. The summed E-state index contributed by atoms with van der Waals surface area (Å²) in [5, 5.41) is 9.80.